The van der Waals surface area contributed by atoms with Crippen LogP contribution < -0.4 is 0 Å². The maximum Gasteiger partial charge on any atom is 0.221 e. The second kappa shape index (κ2) is 7.08. The fourth-order valence-corrected chi connectivity index (χ4v) is 2.92. The van der Waals surface area contributed by atoms with Crippen molar-refractivity contribution in [2.45, 2.75) is 13.5 Å². The predicted molar refractivity (Wildman–Crippen MR) is 92.4 cm³/mol. The van der Waals surface area contributed by atoms with E-state index in [0.29, 0.717) is 23.1 Å². The Kier molecular flexibility index (Phi) is 4.86. The van der Waals surface area contributed by atoms with Gasteiger partial charge in [-0.15, -0.1) is 10.2 Å². The highest BCUT2D eigenvalue weighted by Crippen LogP contribution is 2.27. The van der Waals surface area contributed by atoms with Gasteiger partial charge in [0.05, 0.1) is 30.1 Å². The minimum atomic E-state index is -0.272. The number of aromatic nitrogens is 5. The number of tetrazole rings is 1. The fourth-order valence-electron chi connectivity index (χ4n) is 2.52. The van der Waals surface area contributed by atoms with Gasteiger partial charge in [0.25, 0.3) is 0 Å². The van der Waals surface area contributed by atoms with E-state index in [-0.39, 0.29) is 36.0 Å². The lowest BCUT2D eigenvalue weighted by molar-refractivity contribution is 0.102. The third-order valence-electron chi connectivity index (χ3n) is 3.69. The van der Waals surface area contributed by atoms with Gasteiger partial charge in [0, 0.05) is 10.0 Å². The lowest BCUT2D eigenvalue weighted by atomic mass is 9.99. The second-order valence-electron chi connectivity index (χ2n) is 5.30. The normalized spacial score (nSPS) is 10.8. The van der Waals surface area contributed by atoms with Gasteiger partial charge in [0.1, 0.15) is 0 Å². The van der Waals surface area contributed by atoms with E-state index in [1.54, 1.807) is 25.1 Å². The van der Waals surface area contributed by atoms with Crippen molar-refractivity contribution in [1.82, 2.24) is 25.2 Å². The number of aldehydes is 1. The number of rotatable bonds is 6. The number of aliphatic hydroxyl groups is 1. The molecule has 0 aliphatic heterocycles. The highest BCUT2D eigenvalue weighted by atomic mass is 79.9. The smallest absolute Gasteiger partial charge is 0.221 e. The van der Waals surface area contributed by atoms with Crippen LogP contribution in [-0.4, -0.2) is 49.0 Å². The third-order valence-corrected chi connectivity index (χ3v) is 4.18. The van der Waals surface area contributed by atoms with Gasteiger partial charge in [0.15, 0.2) is 12.1 Å². The molecule has 128 valence electrons. The molecule has 0 unspecified atom stereocenters. The summed E-state index contributed by atoms with van der Waals surface area (Å²) in [6.07, 6.45) is 0.597. The summed E-state index contributed by atoms with van der Waals surface area (Å²) in [5.74, 6) is -0.0199. The molecule has 2 heterocycles. The lowest BCUT2D eigenvalue weighted by Crippen LogP contribution is -2.06. The Morgan fingerprint density at radius 3 is 2.92 bits per heavy atom. The molecular formula is C16H14BrN5O3. The van der Waals surface area contributed by atoms with Crippen LogP contribution in [-0.2, 0) is 6.54 Å². The number of nitrogens with one attached hydrogen (secondary N) is 1. The van der Waals surface area contributed by atoms with Crippen molar-refractivity contribution in [2.24, 2.45) is 0 Å². The minimum absolute atomic E-state index is 0.119. The Morgan fingerprint density at radius 1 is 1.44 bits per heavy atom. The molecule has 0 saturated carbocycles. The lowest BCUT2D eigenvalue weighted by Gasteiger charge is -2.02. The summed E-state index contributed by atoms with van der Waals surface area (Å²) in [6.45, 7) is 1.81. The van der Waals surface area contributed by atoms with Crippen molar-refractivity contribution in [1.29, 1.82) is 0 Å². The molecule has 9 heteroatoms. The summed E-state index contributed by atoms with van der Waals surface area (Å²) < 4.78 is 0.771. The number of benzene rings is 1. The Bertz CT molecular complexity index is 947. The van der Waals surface area contributed by atoms with Crippen molar-refractivity contribution in [3.05, 3.63) is 51.1 Å². The van der Waals surface area contributed by atoms with Crippen LogP contribution in [0.2, 0.25) is 0 Å². The third kappa shape index (κ3) is 3.28. The quantitative estimate of drug-likeness (QED) is 0.478. The molecule has 8 nitrogen and oxygen atoms in total. The highest BCUT2D eigenvalue weighted by molar-refractivity contribution is 9.10. The number of carbonyl (C=O) groups is 2. The van der Waals surface area contributed by atoms with E-state index in [0.717, 1.165) is 4.47 Å². The van der Waals surface area contributed by atoms with Crippen LogP contribution in [0, 0.1) is 6.92 Å². The topological polar surface area (TPSA) is 114 Å². The largest absolute Gasteiger partial charge is 0.394 e. The molecule has 0 atom stereocenters. The number of halogens is 1. The summed E-state index contributed by atoms with van der Waals surface area (Å²) in [6, 6.07) is 6.95. The molecule has 25 heavy (non-hydrogen) atoms. The number of carbonyl (C=O) groups excluding carboxylic acids is 2. The van der Waals surface area contributed by atoms with E-state index in [4.69, 9.17) is 5.11 Å². The van der Waals surface area contributed by atoms with Crippen LogP contribution >= 0.6 is 15.9 Å². The number of hydrogen-bond donors (Lipinski definition) is 2. The minimum Gasteiger partial charge on any atom is -0.394 e. The fraction of sp³-hybridized carbons (Fsp3) is 0.188. The Hall–Kier alpha value is -2.65. The van der Waals surface area contributed by atoms with E-state index in [9.17, 15) is 9.59 Å². The number of ketones is 1. The highest BCUT2D eigenvalue weighted by Gasteiger charge is 2.24. The molecule has 0 amide bonds. The first kappa shape index (κ1) is 17.2. The first-order chi connectivity index (χ1) is 12.0. The number of aromatic amines is 1. The molecule has 0 spiro atoms. The van der Waals surface area contributed by atoms with Crippen molar-refractivity contribution >= 4 is 28.0 Å². The van der Waals surface area contributed by atoms with Crippen molar-refractivity contribution in [2.75, 3.05) is 6.61 Å². The molecule has 0 radical (unpaired) electrons. The van der Waals surface area contributed by atoms with Gasteiger partial charge in [-0.25, -0.2) is 0 Å². The molecule has 0 fully saturated rings. The molecule has 1 aromatic carbocycles. The summed E-state index contributed by atoms with van der Waals surface area (Å²) in [4.78, 5) is 28.4. The first-order valence-corrected chi connectivity index (χ1v) is 8.21. The van der Waals surface area contributed by atoms with E-state index < -0.39 is 0 Å². The van der Waals surface area contributed by atoms with Gasteiger partial charge in [-0.2, -0.15) is 4.80 Å². The van der Waals surface area contributed by atoms with Crippen LogP contribution in [0.25, 0.3) is 11.5 Å². The number of hydrogen-bond acceptors (Lipinski definition) is 6. The molecule has 2 aromatic heterocycles. The predicted octanol–water partition coefficient (Wildman–Crippen LogP) is 1.77. The zero-order chi connectivity index (χ0) is 18.0. The Balaban J connectivity index is 2.07. The van der Waals surface area contributed by atoms with Gasteiger partial charge >= 0.3 is 0 Å². The first-order valence-electron chi connectivity index (χ1n) is 7.42. The van der Waals surface area contributed by atoms with Crippen molar-refractivity contribution in [3.63, 3.8) is 0 Å². The number of nitrogens with zero attached hydrogens (tertiary/aromatic N) is 4. The van der Waals surface area contributed by atoms with Crippen molar-refractivity contribution < 1.29 is 14.7 Å². The monoisotopic (exact) mass is 403 g/mol. The second-order valence-corrected chi connectivity index (χ2v) is 6.22. The average molecular weight is 404 g/mol. The molecule has 0 bridgehead atoms. The summed E-state index contributed by atoms with van der Waals surface area (Å²) in [7, 11) is 0. The summed E-state index contributed by atoms with van der Waals surface area (Å²) >= 11 is 3.34. The summed E-state index contributed by atoms with van der Waals surface area (Å²) in [5, 5.41) is 20.8. The maximum atomic E-state index is 12.9. The van der Waals surface area contributed by atoms with E-state index in [2.05, 4.69) is 36.3 Å². The van der Waals surface area contributed by atoms with Gasteiger partial charge in [0.2, 0.25) is 5.82 Å². The molecule has 3 rings (SSSR count). The Morgan fingerprint density at radius 2 is 2.24 bits per heavy atom. The van der Waals surface area contributed by atoms with Crippen LogP contribution in [0.3, 0.4) is 0 Å². The van der Waals surface area contributed by atoms with E-state index in [1.807, 2.05) is 6.07 Å². The van der Waals surface area contributed by atoms with E-state index in [1.165, 1.54) is 4.80 Å². The number of H-pyrrole nitrogens is 1. The summed E-state index contributed by atoms with van der Waals surface area (Å²) in [5.41, 5.74) is 1.92. The van der Waals surface area contributed by atoms with E-state index >= 15 is 0 Å². The van der Waals surface area contributed by atoms with Gasteiger partial charge in [-0.05, 0) is 29.8 Å². The zero-order valence-electron chi connectivity index (χ0n) is 13.2. The molecule has 3 aromatic rings. The molecule has 0 aliphatic carbocycles. The number of aliphatic hydroxyl groups excluding tert-OH is 1. The van der Waals surface area contributed by atoms with Gasteiger partial charge in [-0.1, -0.05) is 28.1 Å². The van der Waals surface area contributed by atoms with Crippen LogP contribution in [0.4, 0.5) is 0 Å². The van der Waals surface area contributed by atoms with Gasteiger partial charge in [-0.3, -0.25) is 9.59 Å². The zero-order valence-corrected chi connectivity index (χ0v) is 14.8. The van der Waals surface area contributed by atoms with Crippen LogP contribution in [0.5, 0.6) is 0 Å². The van der Waals surface area contributed by atoms with Gasteiger partial charge < -0.3 is 10.1 Å². The van der Waals surface area contributed by atoms with Crippen molar-refractivity contribution in [3.8, 4) is 11.5 Å². The molecule has 0 aliphatic rings. The maximum absolute atomic E-state index is 12.9. The molecule has 0 saturated heterocycles. The SMILES string of the molecule is Cc1c(-c2nnn(CCO)n2)[nH]c(C=O)c1C(=O)c1cccc(Br)c1. The van der Waals surface area contributed by atoms with Crippen LogP contribution in [0.15, 0.2) is 28.7 Å². The molecular weight excluding hydrogens is 390 g/mol. The standard InChI is InChI=1S/C16H14BrN5O3/c1-9-13(15(25)10-3-2-4-11(17)7-10)12(8-24)18-14(9)16-19-21-22(20-16)5-6-23/h2-4,7-8,18,23H,5-6H2,1H3. The molecule has 2 N–H and O–H groups in total. The Labute approximate surface area is 151 Å². The van der Waals surface area contributed by atoms with Crippen LogP contribution in [0.1, 0.15) is 32.0 Å². The average Bonchev–Trinajstić information content (AvgIpc) is 3.18.